The van der Waals surface area contributed by atoms with Gasteiger partial charge >= 0.3 is 6.09 Å². The highest BCUT2D eigenvalue weighted by Crippen LogP contribution is 2.28. The summed E-state index contributed by atoms with van der Waals surface area (Å²) in [5.74, 6) is 0.429. The number of ketones is 1. The van der Waals surface area contributed by atoms with Crippen LogP contribution in [-0.4, -0.2) is 48.7 Å². The van der Waals surface area contributed by atoms with Gasteiger partial charge in [0.2, 0.25) is 0 Å². The SMILES string of the molecule is CC(C)(C)OC(=O)N1CCC(=O)C(C2CCCOC2)C1. The molecular weight excluding hydrogens is 258 g/mol. The molecule has 0 saturated carbocycles. The van der Waals surface area contributed by atoms with Gasteiger partial charge in [-0.25, -0.2) is 4.79 Å². The molecule has 2 fully saturated rings. The van der Waals surface area contributed by atoms with Crippen molar-refractivity contribution in [1.29, 1.82) is 0 Å². The fraction of sp³-hybridized carbons (Fsp3) is 0.867. The van der Waals surface area contributed by atoms with Crippen molar-refractivity contribution in [1.82, 2.24) is 4.90 Å². The maximum absolute atomic E-state index is 12.1. The maximum atomic E-state index is 12.1. The first-order chi connectivity index (χ1) is 9.37. The van der Waals surface area contributed by atoms with Gasteiger partial charge in [-0.1, -0.05) is 0 Å². The van der Waals surface area contributed by atoms with Crippen molar-refractivity contribution in [3.8, 4) is 0 Å². The average molecular weight is 283 g/mol. The van der Waals surface area contributed by atoms with Gasteiger partial charge in [0.15, 0.2) is 0 Å². The molecule has 2 unspecified atom stereocenters. The molecule has 5 nitrogen and oxygen atoms in total. The molecular formula is C15H25NO4. The molecule has 0 aromatic heterocycles. The molecule has 20 heavy (non-hydrogen) atoms. The highest BCUT2D eigenvalue weighted by molar-refractivity contribution is 5.84. The number of carbonyl (C=O) groups excluding carboxylic acids is 2. The summed E-state index contributed by atoms with van der Waals surface area (Å²) in [4.78, 5) is 25.9. The Morgan fingerprint density at radius 2 is 2.15 bits per heavy atom. The van der Waals surface area contributed by atoms with E-state index in [1.807, 2.05) is 20.8 Å². The first-order valence-corrected chi connectivity index (χ1v) is 7.45. The van der Waals surface area contributed by atoms with Crippen LogP contribution < -0.4 is 0 Å². The third-order valence-electron chi connectivity index (χ3n) is 3.88. The zero-order chi connectivity index (χ0) is 14.8. The van der Waals surface area contributed by atoms with Crippen molar-refractivity contribution in [3.63, 3.8) is 0 Å². The molecule has 2 aliphatic rings. The van der Waals surface area contributed by atoms with Crippen LogP contribution in [0.3, 0.4) is 0 Å². The second-order valence-electron chi connectivity index (χ2n) is 6.73. The molecule has 0 aromatic rings. The molecule has 2 saturated heterocycles. The van der Waals surface area contributed by atoms with Crippen molar-refractivity contribution >= 4 is 11.9 Å². The van der Waals surface area contributed by atoms with Gasteiger partial charge in [-0.2, -0.15) is 0 Å². The second-order valence-corrected chi connectivity index (χ2v) is 6.73. The Kier molecular flexibility index (Phi) is 4.68. The summed E-state index contributed by atoms with van der Waals surface area (Å²) in [6.45, 7) is 7.93. The number of amides is 1. The highest BCUT2D eigenvalue weighted by Gasteiger charge is 2.37. The van der Waals surface area contributed by atoms with Crippen LogP contribution in [0.25, 0.3) is 0 Å². The first kappa shape index (κ1) is 15.3. The smallest absolute Gasteiger partial charge is 0.410 e. The Labute approximate surface area is 120 Å². The van der Waals surface area contributed by atoms with Crippen LogP contribution in [0.4, 0.5) is 4.79 Å². The average Bonchev–Trinajstić information content (AvgIpc) is 2.38. The fourth-order valence-corrected chi connectivity index (χ4v) is 2.85. The number of hydrogen-bond acceptors (Lipinski definition) is 4. The van der Waals surface area contributed by atoms with Crippen LogP contribution in [0.15, 0.2) is 0 Å². The minimum atomic E-state index is -0.498. The predicted molar refractivity (Wildman–Crippen MR) is 74.5 cm³/mol. The summed E-state index contributed by atoms with van der Waals surface area (Å²) in [5, 5.41) is 0. The molecule has 114 valence electrons. The van der Waals surface area contributed by atoms with Gasteiger partial charge in [0, 0.05) is 32.0 Å². The quantitative estimate of drug-likeness (QED) is 0.740. The topological polar surface area (TPSA) is 55.8 Å². The summed E-state index contributed by atoms with van der Waals surface area (Å²) < 4.78 is 10.9. The van der Waals surface area contributed by atoms with Crippen molar-refractivity contribution in [3.05, 3.63) is 0 Å². The van der Waals surface area contributed by atoms with Crippen molar-refractivity contribution in [2.75, 3.05) is 26.3 Å². The van der Waals surface area contributed by atoms with E-state index in [0.29, 0.717) is 26.1 Å². The van der Waals surface area contributed by atoms with E-state index >= 15 is 0 Å². The molecule has 2 heterocycles. The van der Waals surface area contributed by atoms with E-state index in [2.05, 4.69) is 0 Å². The van der Waals surface area contributed by atoms with E-state index in [4.69, 9.17) is 9.47 Å². The lowest BCUT2D eigenvalue weighted by atomic mass is 9.81. The summed E-state index contributed by atoms with van der Waals surface area (Å²) in [5.41, 5.74) is -0.498. The normalized spacial score (nSPS) is 28.4. The van der Waals surface area contributed by atoms with E-state index in [1.165, 1.54) is 0 Å². The van der Waals surface area contributed by atoms with E-state index in [-0.39, 0.29) is 23.7 Å². The number of rotatable bonds is 1. The van der Waals surface area contributed by atoms with E-state index in [0.717, 1.165) is 19.4 Å². The molecule has 0 spiro atoms. The maximum Gasteiger partial charge on any atom is 0.410 e. The van der Waals surface area contributed by atoms with Crippen LogP contribution in [0, 0.1) is 11.8 Å². The van der Waals surface area contributed by atoms with Crippen molar-refractivity contribution in [2.24, 2.45) is 11.8 Å². The van der Waals surface area contributed by atoms with Gasteiger partial charge in [0.1, 0.15) is 11.4 Å². The number of piperidine rings is 1. The van der Waals surface area contributed by atoms with Gasteiger partial charge in [0.25, 0.3) is 0 Å². The van der Waals surface area contributed by atoms with Crippen LogP contribution in [0.2, 0.25) is 0 Å². The first-order valence-electron chi connectivity index (χ1n) is 7.45. The largest absolute Gasteiger partial charge is 0.444 e. The lowest BCUT2D eigenvalue weighted by Gasteiger charge is -2.37. The van der Waals surface area contributed by atoms with Crippen LogP contribution in [0.5, 0.6) is 0 Å². The van der Waals surface area contributed by atoms with Gasteiger partial charge in [-0.15, -0.1) is 0 Å². The molecule has 2 rings (SSSR count). The number of nitrogens with zero attached hydrogens (tertiary/aromatic N) is 1. The minimum absolute atomic E-state index is 0.0865. The molecule has 2 atom stereocenters. The number of hydrogen-bond donors (Lipinski definition) is 0. The highest BCUT2D eigenvalue weighted by atomic mass is 16.6. The monoisotopic (exact) mass is 283 g/mol. The Morgan fingerprint density at radius 3 is 2.75 bits per heavy atom. The van der Waals surface area contributed by atoms with Crippen LogP contribution in [-0.2, 0) is 14.3 Å². The van der Waals surface area contributed by atoms with Crippen molar-refractivity contribution in [2.45, 2.75) is 45.6 Å². The summed E-state index contributed by atoms with van der Waals surface area (Å²) in [6, 6.07) is 0. The minimum Gasteiger partial charge on any atom is -0.444 e. The third kappa shape index (κ3) is 3.95. The number of carbonyl (C=O) groups is 2. The van der Waals surface area contributed by atoms with Crippen molar-refractivity contribution < 1.29 is 19.1 Å². The van der Waals surface area contributed by atoms with E-state index in [1.54, 1.807) is 4.90 Å². The molecule has 0 radical (unpaired) electrons. The fourth-order valence-electron chi connectivity index (χ4n) is 2.85. The van der Waals surface area contributed by atoms with Gasteiger partial charge in [0.05, 0.1) is 6.61 Å². The third-order valence-corrected chi connectivity index (χ3v) is 3.88. The molecule has 1 amide bonds. The summed E-state index contributed by atoms with van der Waals surface area (Å²) in [7, 11) is 0. The van der Waals surface area contributed by atoms with Gasteiger partial charge in [-0.05, 0) is 39.5 Å². The Balaban J connectivity index is 1.96. The van der Waals surface area contributed by atoms with Gasteiger partial charge in [-0.3, -0.25) is 4.79 Å². The lowest BCUT2D eigenvalue weighted by Crippen LogP contribution is -2.49. The number of Topliss-reactive ketones (excluding diaryl/α,β-unsaturated/α-hetero) is 1. The Bertz CT molecular complexity index is 369. The van der Waals surface area contributed by atoms with E-state index < -0.39 is 5.60 Å². The summed E-state index contributed by atoms with van der Waals surface area (Å²) >= 11 is 0. The lowest BCUT2D eigenvalue weighted by molar-refractivity contribution is -0.130. The molecule has 0 aromatic carbocycles. The zero-order valence-electron chi connectivity index (χ0n) is 12.7. The molecule has 5 heteroatoms. The predicted octanol–water partition coefficient (Wildman–Crippen LogP) is 2.24. The standard InChI is InChI=1S/C15H25NO4/c1-15(2,3)20-14(18)16-7-6-13(17)12(9-16)11-5-4-8-19-10-11/h11-12H,4-10H2,1-3H3. The van der Waals surface area contributed by atoms with Crippen LogP contribution in [0.1, 0.15) is 40.0 Å². The Morgan fingerprint density at radius 1 is 1.40 bits per heavy atom. The number of likely N-dealkylation sites (tertiary alicyclic amines) is 1. The second kappa shape index (κ2) is 6.12. The van der Waals surface area contributed by atoms with Gasteiger partial charge < -0.3 is 14.4 Å². The Hall–Kier alpha value is -1.10. The number of ether oxygens (including phenoxy) is 2. The zero-order valence-corrected chi connectivity index (χ0v) is 12.7. The summed E-state index contributed by atoms with van der Waals surface area (Å²) in [6.07, 6.45) is 2.13. The van der Waals surface area contributed by atoms with E-state index in [9.17, 15) is 9.59 Å². The molecule has 0 bridgehead atoms. The van der Waals surface area contributed by atoms with Crippen LogP contribution >= 0.6 is 0 Å². The molecule has 0 aliphatic carbocycles. The molecule has 2 aliphatic heterocycles. The molecule has 0 N–H and O–H groups in total.